The van der Waals surface area contributed by atoms with Gasteiger partial charge in [-0.15, -0.1) is 16.8 Å². The molecule has 7 nitrogen and oxygen atoms in total. The molecule has 0 radical (unpaired) electrons. The maximum atomic E-state index is 12.5. The van der Waals surface area contributed by atoms with Gasteiger partial charge in [0.1, 0.15) is 5.82 Å². The van der Waals surface area contributed by atoms with Gasteiger partial charge in [0, 0.05) is 31.0 Å². The van der Waals surface area contributed by atoms with E-state index in [9.17, 15) is 4.79 Å². The highest BCUT2D eigenvalue weighted by atomic mass is 32.2. The number of nitrogens with zero attached hydrogens (tertiary/aromatic N) is 4. The van der Waals surface area contributed by atoms with Crippen molar-refractivity contribution in [2.75, 3.05) is 36.5 Å². The highest BCUT2D eigenvalue weighted by Crippen LogP contribution is 2.24. The summed E-state index contributed by atoms with van der Waals surface area (Å²) in [6, 6.07) is 7.93. The van der Waals surface area contributed by atoms with Crippen molar-refractivity contribution < 1.29 is 9.53 Å². The number of benzene rings is 1. The molecule has 0 spiro atoms. The van der Waals surface area contributed by atoms with Crippen LogP contribution < -0.4 is 10.2 Å². The van der Waals surface area contributed by atoms with E-state index >= 15 is 0 Å². The molecular weight excluding hydrogens is 362 g/mol. The summed E-state index contributed by atoms with van der Waals surface area (Å²) in [4.78, 5) is 14.8. The lowest BCUT2D eigenvalue weighted by molar-refractivity contribution is -0.115. The molecule has 3 rings (SSSR count). The van der Waals surface area contributed by atoms with Gasteiger partial charge in [-0.1, -0.05) is 17.8 Å². The molecule has 1 aromatic carbocycles. The van der Waals surface area contributed by atoms with Crippen LogP contribution in [-0.2, 0) is 16.1 Å². The average Bonchev–Trinajstić information content (AvgIpc) is 3.03. The Labute approximate surface area is 163 Å². The fourth-order valence-electron chi connectivity index (χ4n) is 2.82. The Morgan fingerprint density at radius 2 is 2.04 bits per heavy atom. The van der Waals surface area contributed by atoms with Crippen LogP contribution in [0.15, 0.2) is 42.1 Å². The van der Waals surface area contributed by atoms with Crippen LogP contribution in [0.4, 0.5) is 11.4 Å². The lowest BCUT2D eigenvalue weighted by atomic mass is 10.2. The zero-order valence-electron chi connectivity index (χ0n) is 15.7. The minimum atomic E-state index is -0.295. The molecule has 8 heteroatoms. The van der Waals surface area contributed by atoms with E-state index in [1.165, 1.54) is 11.8 Å². The van der Waals surface area contributed by atoms with Gasteiger partial charge in [-0.05, 0) is 38.1 Å². The van der Waals surface area contributed by atoms with E-state index in [2.05, 4.69) is 27.0 Å². The highest BCUT2D eigenvalue weighted by molar-refractivity contribution is 8.00. The third kappa shape index (κ3) is 4.90. The number of anilines is 2. The molecule has 0 bridgehead atoms. The van der Waals surface area contributed by atoms with Crippen molar-refractivity contribution in [3.63, 3.8) is 0 Å². The maximum Gasteiger partial charge on any atom is 0.237 e. The van der Waals surface area contributed by atoms with Crippen molar-refractivity contribution in [1.82, 2.24) is 14.8 Å². The minimum absolute atomic E-state index is 0.0649. The van der Waals surface area contributed by atoms with E-state index in [1.54, 1.807) is 6.08 Å². The zero-order valence-corrected chi connectivity index (χ0v) is 16.5. The van der Waals surface area contributed by atoms with Gasteiger partial charge in [0.05, 0.1) is 18.5 Å². The highest BCUT2D eigenvalue weighted by Gasteiger charge is 2.19. The van der Waals surface area contributed by atoms with Crippen LogP contribution in [0.5, 0.6) is 0 Å². The second-order valence-corrected chi connectivity index (χ2v) is 7.63. The third-order valence-corrected chi connectivity index (χ3v) is 5.46. The van der Waals surface area contributed by atoms with Crippen LogP contribution in [0.3, 0.4) is 0 Å². The third-order valence-electron chi connectivity index (χ3n) is 4.38. The lowest BCUT2D eigenvalue weighted by Crippen LogP contribution is -2.36. The van der Waals surface area contributed by atoms with E-state index in [0.717, 1.165) is 48.7 Å². The van der Waals surface area contributed by atoms with Gasteiger partial charge in [-0.25, -0.2) is 0 Å². The number of ether oxygens (including phenoxy) is 1. The summed E-state index contributed by atoms with van der Waals surface area (Å²) in [5.74, 6) is 0.744. The van der Waals surface area contributed by atoms with E-state index in [1.807, 2.05) is 42.7 Å². The summed E-state index contributed by atoms with van der Waals surface area (Å²) < 4.78 is 7.32. The predicted molar refractivity (Wildman–Crippen MR) is 108 cm³/mol. The van der Waals surface area contributed by atoms with Crippen molar-refractivity contribution in [2.24, 2.45) is 0 Å². The fraction of sp³-hybridized carbons (Fsp3) is 0.421. The first-order chi connectivity index (χ1) is 13.1. The molecule has 1 aromatic heterocycles. The molecule has 2 heterocycles. The van der Waals surface area contributed by atoms with Crippen LogP contribution in [0.1, 0.15) is 12.7 Å². The van der Waals surface area contributed by atoms with E-state index < -0.39 is 0 Å². The normalized spacial score (nSPS) is 15.4. The second-order valence-electron chi connectivity index (χ2n) is 6.32. The minimum Gasteiger partial charge on any atom is -0.378 e. The predicted octanol–water partition coefficient (Wildman–Crippen LogP) is 2.73. The smallest absolute Gasteiger partial charge is 0.237 e. The van der Waals surface area contributed by atoms with Crippen LogP contribution >= 0.6 is 11.8 Å². The van der Waals surface area contributed by atoms with Crippen molar-refractivity contribution >= 4 is 29.0 Å². The number of hydrogen-bond acceptors (Lipinski definition) is 6. The number of rotatable bonds is 7. The first-order valence-corrected chi connectivity index (χ1v) is 9.87. The van der Waals surface area contributed by atoms with Gasteiger partial charge in [-0.2, -0.15) is 0 Å². The number of carbonyl (C=O) groups excluding carboxylic acids is 1. The second kappa shape index (κ2) is 9.05. The molecule has 2 aromatic rings. The van der Waals surface area contributed by atoms with Crippen LogP contribution in [0.2, 0.25) is 0 Å². The lowest BCUT2D eigenvalue weighted by Gasteiger charge is -2.28. The Morgan fingerprint density at radius 1 is 1.33 bits per heavy atom. The van der Waals surface area contributed by atoms with Crippen molar-refractivity contribution in [3.05, 3.63) is 42.7 Å². The molecule has 1 aliphatic heterocycles. The Balaban J connectivity index is 1.58. The number of carbonyl (C=O) groups is 1. The first kappa shape index (κ1) is 19.4. The largest absolute Gasteiger partial charge is 0.378 e. The monoisotopic (exact) mass is 387 g/mol. The fourth-order valence-corrected chi connectivity index (χ4v) is 3.72. The maximum absolute atomic E-state index is 12.5. The Hall–Kier alpha value is -2.32. The van der Waals surface area contributed by atoms with Gasteiger partial charge in [0.25, 0.3) is 0 Å². The van der Waals surface area contributed by atoms with Crippen molar-refractivity contribution in [3.8, 4) is 0 Å². The summed E-state index contributed by atoms with van der Waals surface area (Å²) in [6.07, 6.45) is 1.79. The number of amides is 1. The number of nitrogens with one attached hydrogen (secondary N) is 1. The van der Waals surface area contributed by atoms with Crippen molar-refractivity contribution in [2.45, 2.75) is 30.8 Å². The number of allylic oxidation sites excluding steroid dienone is 1. The number of aromatic nitrogens is 3. The van der Waals surface area contributed by atoms with E-state index in [0.29, 0.717) is 6.54 Å². The molecule has 144 valence electrons. The van der Waals surface area contributed by atoms with E-state index in [-0.39, 0.29) is 11.2 Å². The molecule has 27 heavy (non-hydrogen) atoms. The Morgan fingerprint density at radius 3 is 2.70 bits per heavy atom. The average molecular weight is 388 g/mol. The summed E-state index contributed by atoms with van der Waals surface area (Å²) in [5, 5.41) is 11.6. The molecule has 0 unspecified atom stereocenters. The molecule has 0 aliphatic carbocycles. The number of morpholine rings is 1. The van der Waals surface area contributed by atoms with Gasteiger partial charge >= 0.3 is 0 Å². The quantitative estimate of drug-likeness (QED) is 0.582. The molecule has 0 saturated carbocycles. The van der Waals surface area contributed by atoms with Gasteiger partial charge < -0.3 is 19.5 Å². The molecule has 1 saturated heterocycles. The number of aryl methyl sites for hydroxylation is 1. The first-order valence-electron chi connectivity index (χ1n) is 8.99. The van der Waals surface area contributed by atoms with Crippen LogP contribution in [0.25, 0.3) is 0 Å². The summed E-state index contributed by atoms with van der Waals surface area (Å²) in [6.45, 7) is 11.4. The van der Waals surface area contributed by atoms with E-state index in [4.69, 9.17) is 4.74 Å². The molecule has 1 fully saturated rings. The molecule has 1 amide bonds. The van der Waals surface area contributed by atoms with Gasteiger partial charge in [-0.3, -0.25) is 4.79 Å². The standard InChI is InChI=1S/C19H25N5O2S/c1-4-9-24-15(3)21-22-19(24)27-14(2)18(25)20-16-5-7-17(8-6-16)23-10-12-26-13-11-23/h4-8,14H,1,9-13H2,2-3H3,(H,20,25)/t14-/m0/s1. The summed E-state index contributed by atoms with van der Waals surface area (Å²) >= 11 is 1.39. The van der Waals surface area contributed by atoms with Gasteiger partial charge in [0.15, 0.2) is 5.16 Å². The molecule has 1 aliphatic rings. The topological polar surface area (TPSA) is 72.3 Å². The Bertz CT molecular complexity index is 784. The number of thioether (sulfide) groups is 1. The molecular formula is C19H25N5O2S. The number of hydrogen-bond donors (Lipinski definition) is 1. The van der Waals surface area contributed by atoms with Crippen LogP contribution in [-0.4, -0.2) is 52.2 Å². The summed E-state index contributed by atoms with van der Waals surface area (Å²) in [7, 11) is 0. The summed E-state index contributed by atoms with van der Waals surface area (Å²) in [5.41, 5.74) is 1.93. The van der Waals surface area contributed by atoms with Crippen molar-refractivity contribution in [1.29, 1.82) is 0 Å². The Kier molecular flexibility index (Phi) is 6.52. The van der Waals surface area contributed by atoms with Crippen LogP contribution in [0, 0.1) is 6.92 Å². The van der Waals surface area contributed by atoms with Gasteiger partial charge in [0.2, 0.25) is 5.91 Å². The molecule has 1 atom stereocenters. The SMILES string of the molecule is C=CCn1c(C)nnc1S[C@@H](C)C(=O)Nc1ccc(N2CCOCC2)cc1. The zero-order chi connectivity index (χ0) is 19.2. The molecule has 1 N–H and O–H groups in total.